The number of esters is 1. The first-order valence-electron chi connectivity index (χ1n) is 5.53. The van der Waals surface area contributed by atoms with Crippen LogP contribution < -0.4 is 0 Å². The highest BCUT2D eigenvalue weighted by molar-refractivity contribution is 6.22. The van der Waals surface area contributed by atoms with Gasteiger partial charge in [-0.2, -0.15) is 26.3 Å². The molecular weight excluding hydrogens is 326 g/mol. The van der Waals surface area contributed by atoms with Crippen LogP contribution in [0, 0.1) is 5.92 Å². The molecule has 0 aromatic heterocycles. The van der Waals surface area contributed by atoms with Crippen molar-refractivity contribution in [3.8, 4) is 0 Å². The van der Waals surface area contributed by atoms with Crippen LogP contribution in [0.1, 0.15) is 13.3 Å². The molecule has 22 heavy (non-hydrogen) atoms. The monoisotopic (exact) mass is 334 g/mol. The minimum absolute atomic E-state index is 0.263. The van der Waals surface area contributed by atoms with E-state index in [2.05, 4.69) is 4.74 Å². The van der Waals surface area contributed by atoms with E-state index in [-0.39, 0.29) is 5.76 Å². The van der Waals surface area contributed by atoms with Crippen LogP contribution in [-0.4, -0.2) is 40.6 Å². The van der Waals surface area contributed by atoms with Gasteiger partial charge in [0.05, 0.1) is 6.42 Å². The molecule has 0 fully saturated rings. The molecule has 0 spiro atoms. The fourth-order valence-corrected chi connectivity index (χ4v) is 1.65. The van der Waals surface area contributed by atoms with Gasteiger partial charge >= 0.3 is 18.3 Å². The second-order valence-electron chi connectivity index (χ2n) is 4.51. The Morgan fingerprint density at radius 2 is 1.64 bits per heavy atom. The molecule has 1 atom stereocenters. The van der Waals surface area contributed by atoms with Crippen molar-refractivity contribution in [2.24, 2.45) is 5.92 Å². The van der Waals surface area contributed by atoms with Gasteiger partial charge in [-0.25, -0.2) is 0 Å². The van der Waals surface area contributed by atoms with Gasteiger partial charge in [0.15, 0.2) is 17.5 Å². The first-order chi connectivity index (χ1) is 9.70. The maximum atomic E-state index is 12.4. The van der Waals surface area contributed by atoms with Crippen molar-refractivity contribution in [2.75, 3.05) is 0 Å². The molecule has 11 heteroatoms. The lowest BCUT2D eigenvalue weighted by Gasteiger charge is -2.32. The van der Waals surface area contributed by atoms with E-state index < -0.39 is 47.8 Å². The summed E-state index contributed by atoms with van der Waals surface area (Å²) in [5, 5.41) is 8.86. The quantitative estimate of drug-likeness (QED) is 0.480. The highest BCUT2D eigenvalue weighted by atomic mass is 19.4. The highest BCUT2D eigenvalue weighted by Gasteiger charge is 2.71. The predicted molar refractivity (Wildman–Crippen MR) is 55.0 cm³/mol. The molecule has 0 unspecified atom stereocenters. The summed E-state index contributed by atoms with van der Waals surface area (Å²) in [6, 6.07) is 0. The van der Waals surface area contributed by atoms with Crippen molar-refractivity contribution in [2.45, 2.75) is 31.3 Å². The summed E-state index contributed by atoms with van der Waals surface area (Å²) >= 11 is 0. The van der Waals surface area contributed by atoms with E-state index in [1.165, 1.54) is 0 Å². The number of carbonyl (C=O) groups is 3. The van der Waals surface area contributed by atoms with E-state index in [0.717, 1.165) is 6.92 Å². The van der Waals surface area contributed by atoms with Crippen LogP contribution in [0.2, 0.25) is 0 Å². The van der Waals surface area contributed by atoms with Gasteiger partial charge in [0, 0.05) is 6.08 Å². The van der Waals surface area contributed by atoms with Crippen LogP contribution in [0.3, 0.4) is 0 Å². The molecule has 124 valence electrons. The van der Waals surface area contributed by atoms with E-state index >= 15 is 0 Å². The second kappa shape index (κ2) is 5.38. The summed E-state index contributed by atoms with van der Waals surface area (Å²) in [6.45, 7) is 1.12. The van der Waals surface area contributed by atoms with E-state index in [4.69, 9.17) is 5.11 Å². The summed E-state index contributed by atoms with van der Waals surface area (Å²) in [4.78, 5) is 34.2. The molecule has 5 nitrogen and oxygen atoms in total. The number of aliphatic hydroxyl groups is 1. The van der Waals surface area contributed by atoms with Crippen molar-refractivity contribution < 1.29 is 50.6 Å². The number of allylic oxidation sites excluding steroid dienone is 2. The van der Waals surface area contributed by atoms with Crippen LogP contribution in [-0.2, 0) is 19.1 Å². The van der Waals surface area contributed by atoms with Crippen molar-refractivity contribution in [3.63, 3.8) is 0 Å². The number of carbonyl (C=O) groups excluding carboxylic acids is 3. The standard InChI is InChI=1S/C11H8F6O5/c1-4-2-5(18)7(8(20)22-4)6(19)3-9(21,10(12,13)14)11(15,16)17/h2,7,21H,3H2,1H3/t7-/m1/s1. The smallest absolute Gasteiger partial charge is 0.426 e. The average molecular weight is 334 g/mol. The molecule has 1 heterocycles. The van der Waals surface area contributed by atoms with Gasteiger partial charge in [-0.05, 0) is 6.92 Å². The SMILES string of the molecule is CC1=CC(=O)[C@H](C(=O)CC(O)(C(F)(F)F)C(F)(F)F)C(=O)O1. The normalized spacial score (nSPS) is 20.5. The predicted octanol–water partition coefficient (Wildman–Crippen LogP) is 1.45. The fraction of sp³-hybridized carbons (Fsp3) is 0.545. The Kier molecular flexibility index (Phi) is 4.43. The summed E-state index contributed by atoms with van der Waals surface area (Å²) in [6.07, 6.45) is -14.4. The molecule has 0 aromatic carbocycles. The van der Waals surface area contributed by atoms with Crippen molar-refractivity contribution in [3.05, 3.63) is 11.8 Å². The number of hydrogen-bond donors (Lipinski definition) is 1. The molecule has 0 bridgehead atoms. The molecule has 0 radical (unpaired) electrons. The fourth-order valence-electron chi connectivity index (χ4n) is 1.65. The van der Waals surface area contributed by atoms with E-state index in [0.29, 0.717) is 6.08 Å². The summed E-state index contributed by atoms with van der Waals surface area (Å²) < 4.78 is 79.0. The Hall–Kier alpha value is -1.91. The number of Topliss-reactive ketones (excluding diaryl/α,β-unsaturated/α-hetero) is 1. The molecule has 1 aliphatic rings. The third-order valence-electron chi connectivity index (χ3n) is 2.82. The number of cyclic esters (lactones) is 1. The summed E-state index contributed by atoms with van der Waals surface area (Å²) in [5.41, 5.74) is -5.37. The molecule has 1 rings (SSSR count). The van der Waals surface area contributed by atoms with Crippen LogP contribution in [0.25, 0.3) is 0 Å². The van der Waals surface area contributed by atoms with Gasteiger partial charge in [0.25, 0.3) is 5.60 Å². The first-order valence-corrected chi connectivity index (χ1v) is 5.53. The first kappa shape index (κ1) is 18.1. The van der Waals surface area contributed by atoms with Crippen LogP contribution in [0.15, 0.2) is 11.8 Å². The lowest BCUT2D eigenvalue weighted by atomic mass is 9.87. The molecule has 0 saturated heterocycles. The van der Waals surface area contributed by atoms with Gasteiger partial charge < -0.3 is 9.84 Å². The Balaban J connectivity index is 3.14. The molecule has 1 aliphatic heterocycles. The van der Waals surface area contributed by atoms with Crippen LogP contribution in [0.5, 0.6) is 0 Å². The van der Waals surface area contributed by atoms with E-state index in [9.17, 15) is 40.7 Å². The zero-order chi connectivity index (χ0) is 17.5. The Labute approximate surface area is 118 Å². The number of alkyl halides is 6. The zero-order valence-electron chi connectivity index (χ0n) is 10.7. The van der Waals surface area contributed by atoms with Crippen molar-refractivity contribution in [1.82, 2.24) is 0 Å². The highest BCUT2D eigenvalue weighted by Crippen LogP contribution is 2.45. The third kappa shape index (κ3) is 3.13. The molecule has 0 aromatic rings. The average Bonchev–Trinajstić information content (AvgIpc) is 2.23. The summed E-state index contributed by atoms with van der Waals surface area (Å²) in [7, 11) is 0. The number of halogens is 6. The van der Waals surface area contributed by atoms with E-state index in [1.807, 2.05) is 0 Å². The topological polar surface area (TPSA) is 80.7 Å². The maximum Gasteiger partial charge on any atom is 0.426 e. The van der Waals surface area contributed by atoms with Gasteiger partial charge in [0.1, 0.15) is 5.76 Å². The molecule has 0 amide bonds. The van der Waals surface area contributed by atoms with E-state index in [1.54, 1.807) is 0 Å². The van der Waals surface area contributed by atoms with Crippen LogP contribution >= 0.6 is 0 Å². The zero-order valence-corrected chi connectivity index (χ0v) is 10.7. The third-order valence-corrected chi connectivity index (χ3v) is 2.82. The molecule has 0 saturated carbocycles. The van der Waals surface area contributed by atoms with Gasteiger partial charge in [-0.3, -0.25) is 14.4 Å². The lowest BCUT2D eigenvalue weighted by Crippen LogP contribution is -2.59. The Morgan fingerprint density at radius 1 is 1.18 bits per heavy atom. The molecule has 1 N–H and O–H groups in total. The molecular formula is C11H8F6O5. The minimum atomic E-state index is -6.23. The molecule has 0 aliphatic carbocycles. The largest absolute Gasteiger partial charge is 0.430 e. The number of ether oxygens (including phenoxy) is 1. The minimum Gasteiger partial charge on any atom is -0.430 e. The van der Waals surface area contributed by atoms with Crippen LogP contribution in [0.4, 0.5) is 26.3 Å². The summed E-state index contributed by atoms with van der Waals surface area (Å²) in [5.74, 6) is -7.69. The Bertz CT molecular complexity index is 530. The van der Waals surface area contributed by atoms with Crippen molar-refractivity contribution >= 4 is 17.5 Å². The Morgan fingerprint density at radius 3 is 2.00 bits per heavy atom. The second-order valence-corrected chi connectivity index (χ2v) is 4.51. The number of hydrogen-bond acceptors (Lipinski definition) is 5. The lowest BCUT2D eigenvalue weighted by molar-refractivity contribution is -0.367. The van der Waals surface area contributed by atoms with Gasteiger partial charge in [0.2, 0.25) is 0 Å². The maximum absolute atomic E-state index is 12.4. The van der Waals surface area contributed by atoms with Gasteiger partial charge in [-0.1, -0.05) is 0 Å². The number of rotatable bonds is 3. The number of ketones is 2. The van der Waals surface area contributed by atoms with Gasteiger partial charge in [-0.15, -0.1) is 0 Å². The van der Waals surface area contributed by atoms with Crippen molar-refractivity contribution in [1.29, 1.82) is 0 Å².